The SMILES string of the molecule is Cc1c(CNc2nnc(CN(C)C)c3cnc(N4CCOCC4)cc23)cccc1C(F)(F)F. The van der Waals surface area contributed by atoms with E-state index >= 15 is 0 Å². The number of fused-ring (bicyclic) bond motifs is 1. The lowest BCUT2D eigenvalue weighted by Gasteiger charge is -2.28. The fourth-order valence-electron chi connectivity index (χ4n) is 3.96. The summed E-state index contributed by atoms with van der Waals surface area (Å²) in [6.45, 7) is 5.04. The first kappa shape index (κ1) is 23.2. The number of hydrogen-bond acceptors (Lipinski definition) is 7. The van der Waals surface area contributed by atoms with Crippen molar-refractivity contribution in [2.75, 3.05) is 50.6 Å². The van der Waals surface area contributed by atoms with E-state index in [1.165, 1.54) is 13.0 Å². The number of benzene rings is 1. The molecule has 0 spiro atoms. The van der Waals surface area contributed by atoms with Crippen molar-refractivity contribution in [3.63, 3.8) is 0 Å². The number of nitrogens with one attached hydrogen (secondary N) is 1. The average Bonchev–Trinajstić information content (AvgIpc) is 2.78. The van der Waals surface area contributed by atoms with E-state index in [1.54, 1.807) is 12.3 Å². The average molecular weight is 461 g/mol. The highest BCUT2D eigenvalue weighted by Gasteiger charge is 2.32. The maximum atomic E-state index is 13.3. The number of aromatic nitrogens is 3. The zero-order chi connectivity index (χ0) is 23.6. The Morgan fingerprint density at radius 2 is 1.88 bits per heavy atom. The smallest absolute Gasteiger partial charge is 0.378 e. The van der Waals surface area contributed by atoms with Crippen LogP contribution in [0.15, 0.2) is 30.5 Å². The van der Waals surface area contributed by atoms with Crippen LogP contribution in [0.1, 0.15) is 22.4 Å². The van der Waals surface area contributed by atoms with Crippen molar-refractivity contribution < 1.29 is 17.9 Å². The lowest BCUT2D eigenvalue weighted by Crippen LogP contribution is -2.36. The Labute approximate surface area is 190 Å². The highest BCUT2D eigenvalue weighted by Crippen LogP contribution is 2.33. The van der Waals surface area contributed by atoms with Crippen LogP contribution in [0.25, 0.3) is 10.8 Å². The summed E-state index contributed by atoms with van der Waals surface area (Å²) in [7, 11) is 3.90. The van der Waals surface area contributed by atoms with E-state index in [2.05, 4.69) is 25.4 Å². The minimum Gasteiger partial charge on any atom is -0.378 e. The van der Waals surface area contributed by atoms with Crippen molar-refractivity contribution >= 4 is 22.4 Å². The van der Waals surface area contributed by atoms with Crippen molar-refractivity contribution in [1.29, 1.82) is 0 Å². The molecule has 10 heteroatoms. The van der Waals surface area contributed by atoms with Crippen molar-refractivity contribution in [3.8, 4) is 0 Å². The van der Waals surface area contributed by atoms with Gasteiger partial charge >= 0.3 is 6.18 Å². The molecule has 176 valence electrons. The second-order valence-electron chi connectivity index (χ2n) is 8.36. The molecule has 1 aromatic carbocycles. The number of alkyl halides is 3. The highest BCUT2D eigenvalue weighted by atomic mass is 19.4. The molecule has 4 rings (SSSR count). The first-order valence-corrected chi connectivity index (χ1v) is 10.8. The minimum atomic E-state index is -4.39. The van der Waals surface area contributed by atoms with E-state index in [-0.39, 0.29) is 12.1 Å². The third kappa shape index (κ3) is 5.17. The van der Waals surface area contributed by atoms with Gasteiger partial charge in [-0.05, 0) is 44.3 Å². The lowest BCUT2D eigenvalue weighted by atomic mass is 10.0. The van der Waals surface area contributed by atoms with Gasteiger partial charge in [0.1, 0.15) is 5.82 Å². The Balaban J connectivity index is 1.69. The van der Waals surface area contributed by atoms with Crippen LogP contribution in [-0.4, -0.2) is 60.5 Å². The molecular weight excluding hydrogens is 433 g/mol. The molecule has 1 aliphatic rings. The van der Waals surface area contributed by atoms with Gasteiger partial charge in [-0.1, -0.05) is 12.1 Å². The van der Waals surface area contributed by atoms with Gasteiger partial charge in [-0.2, -0.15) is 18.3 Å². The number of anilines is 2. The summed E-state index contributed by atoms with van der Waals surface area (Å²) in [6, 6.07) is 6.19. The molecule has 1 saturated heterocycles. The Kier molecular flexibility index (Phi) is 6.66. The molecule has 3 heterocycles. The van der Waals surface area contributed by atoms with Crippen LogP contribution in [0, 0.1) is 6.92 Å². The minimum absolute atomic E-state index is 0.196. The van der Waals surface area contributed by atoms with Crippen LogP contribution >= 0.6 is 0 Å². The van der Waals surface area contributed by atoms with E-state index in [1.807, 2.05) is 25.1 Å². The molecule has 1 aliphatic heterocycles. The van der Waals surface area contributed by atoms with E-state index in [0.717, 1.165) is 41.4 Å². The van der Waals surface area contributed by atoms with Crippen molar-refractivity contribution in [1.82, 2.24) is 20.1 Å². The van der Waals surface area contributed by atoms with E-state index in [4.69, 9.17) is 4.74 Å². The molecule has 0 aliphatic carbocycles. The molecule has 3 aromatic rings. The summed E-state index contributed by atoms with van der Waals surface area (Å²) in [5, 5.41) is 13.7. The summed E-state index contributed by atoms with van der Waals surface area (Å²) >= 11 is 0. The molecule has 1 N–H and O–H groups in total. The molecule has 1 fully saturated rings. The normalized spacial score (nSPS) is 14.8. The predicted octanol–water partition coefficient (Wildman–Crippen LogP) is 3.86. The second kappa shape index (κ2) is 9.48. The Morgan fingerprint density at radius 3 is 2.58 bits per heavy atom. The highest BCUT2D eigenvalue weighted by molar-refractivity contribution is 5.94. The zero-order valence-corrected chi connectivity index (χ0v) is 18.9. The van der Waals surface area contributed by atoms with Crippen LogP contribution in [-0.2, 0) is 24.0 Å². The summed E-state index contributed by atoms with van der Waals surface area (Å²) < 4.78 is 45.3. The lowest BCUT2D eigenvalue weighted by molar-refractivity contribution is -0.138. The maximum absolute atomic E-state index is 13.3. The fraction of sp³-hybridized carbons (Fsp3) is 0.435. The fourth-order valence-corrected chi connectivity index (χ4v) is 3.96. The van der Waals surface area contributed by atoms with Crippen molar-refractivity contribution in [3.05, 3.63) is 52.8 Å². The number of ether oxygens (including phenoxy) is 1. The summed E-state index contributed by atoms with van der Waals surface area (Å²) in [6.07, 6.45) is -2.59. The summed E-state index contributed by atoms with van der Waals surface area (Å²) in [5.74, 6) is 1.33. The van der Waals surface area contributed by atoms with Gasteiger partial charge in [0.15, 0.2) is 5.82 Å². The molecule has 0 atom stereocenters. The molecule has 0 unspecified atom stereocenters. The van der Waals surface area contributed by atoms with Gasteiger partial charge < -0.3 is 19.9 Å². The number of nitrogens with zero attached hydrogens (tertiary/aromatic N) is 5. The quantitative estimate of drug-likeness (QED) is 0.599. The van der Waals surface area contributed by atoms with E-state index in [9.17, 15) is 13.2 Å². The predicted molar refractivity (Wildman–Crippen MR) is 121 cm³/mol. The zero-order valence-electron chi connectivity index (χ0n) is 18.9. The van der Waals surface area contributed by atoms with Gasteiger partial charge in [-0.3, -0.25) is 0 Å². The summed E-state index contributed by atoms with van der Waals surface area (Å²) in [5.41, 5.74) is 0.920. The van der Waals surface area contributed by atoms with Crippen LogP contribution in [0.5, 0.6) is 0 Å². The van der Waals surface area contributed by atoms with Gasteiger partial charge in [-0.25, -0.2) is 4.98 Å². The number of rotatable bonds is 6. The molecule has 0 bridgehead atoms. The number of halogens is 3. The Bertz CT molecular complexity index is 1130. The van der Waals surface area contributed by atoms with Crippen LogP contribution in [0.2, 0.25) is 0 Å². The van der Waals surface area contributed by atoms with E-state index < -0.39 is 11.7 Å². The van der Waals surface area contributed by atoms with Crippen LogP contribution < -0.4 is 10.2 Å². The van der Waals surface area contributed by atoms with Crippen molar-refractivity contribution in [2.45, 2.75) is 26.2 Å². The molecule has 0 radical (unpaired) electrons. The van der Waals surface area contributed by atoms with Gasteiger partial charge in [0, 0.05) is 43.1 Å². The Hall–Kier alpha value is -2.98. The molecule has 33 heavy (non-hydrogen) atoms. The largest absolute Gasteiger partial charge is 0.416 e. The molecule has 7 nitrogen and oxygen atoms in total. The first-order chi connectivity index (χ1) is 15.7. The summed E-state index contributed by atoms with van der Waals surface area (Å²) in [4.78, 5) is 8.79. The number of morpholine rings is 1. The van der Waals surface area contributed by atoms with Gasteiger partial charge in [-0.15, -0.1) is 5.10 Å². The second-order valence-corrected chi connectivity index (χ2v) is 8.36. The molecule has 2 aromatic heterocycles. The van der Waals surface area contributed by atoms with Crippen LogP contribution in [0.3, 0.4) is 0 Å². The molecule has 0 saturated carbocycles. The Morgan fingerprint density at radius 1 is 1.12 bits per heavy atom. The maximum Gasteiger partial charge on any atom is 0.416 e. The molecule has 0 amide bonds. The standard InChI is InChI=1S/C23H27F3N6O/c1-15-16(5-4-6-19(15)23(24,25)26)12-28-22-17-11-21(32-7-9-33-10-8-32)27-13-18(17)20(29-30-22)14-31(2)3/h4-6,11,13H,7-10,12,14H2,1-3H3,(H,28,30). The van der Waals surface area contributed by atoms with E-state index in [0.29, 0.717) is 31.1 Å². The third-order valence-corrected chi connectivity index (χ3v) is 5.72. The van der Waals surface area contributed by atoms with Gasteiger partial charge in [0.05, 0.1) is 24.5 Å². The van der Waals surface area contributed by atoms with Gasteiger partial charge in [0.2, 0.25) is 0 Å². The van der Waals surface area contributed by atoms with Gasteiger partial charge in [0.25, 0.3) is 0 Å². The number of pyridine rings is 1. The van der Waals surface area contributed by atoms with Crippen molar-refractivity contribution in [2.24, 2.45) is 0 Å². The number of hydrogen-bond donors (Lipinski definition) is 1. The third-order valence-electron chi connectivity index (χ3n) is 5.72. The van der Waals surface area contributed by atoms with Crippen LogP contribution in [0.4, 0.5) is 24.8 Å². The molecular formula is C23H27F3N6O. The first-order valence-electron chi connectivity index (χ1n) is 10.8. The monoisotopic (exact) mass is 460 g/mol. The topological polar surface area (TPSA) is 66.4 Å².